The number of fused-ring (bicyclic) bond motifs is 4. The SMILES string of the molecule is CC(C)(C)OC(=O)N1[C@@H]2CC[C@H]1CN(c1nc(OC[C@@]34CCCN3C[C@H](F)C4)nc3c(F)c(Br)ccc13)C2. The first-order valence-electron chi connectivity index (χ1n) is 13.5. The molecule has 6 rings (SSSR count). The molecule has 1 amide bonds. The van der Waals surface area contributed by atoms with Gasteiger partial charge in [-0.2, -0.15) is 9.97 Å². The zero-order chi connectivity index (χ0) is 26.8. The zero-order valence-electron chi connectivity index (χ0n) is 22.1. The third-order valence-electron chi connectivity index (χ3n) is 8.34. The smallest absolute Gasteiger partial charge is 0.410 e. The molecule has 8 nitrogen and oxygen atoms in total. The molecule has 4 fully saturated rings. The minimum atomic E-state index is -0.864. The molecule has 5 heterocycles. The molecule has 2 aromatic rings. The van der Waals surface area contributed by atoms with Gasteiger partial charge in [0.25, 0.3) is 0 Å². The van der Waals surface area contributed by atoms with E-state index in [-0.39, 0.29) is 41.8 Å². The van der Waals surface area contributed by atoms with Gasteiger partial charge in [-0.25, -0.2) is 13.6 Å². The Balaban J connectivity index is 1.30. The van der Waals surface area contributed by atoms with E-state index < -0.39 is 17.6 Å². The van der Waals surface area contributed by atoms with Gasteiger partial charge in [0.2, 0.25) is 0 Å². The summed E-state index contributed by atoms with van der Waals surface area (Å²) in [7, 11) is 0. The molecule has 206 valence electrons. The van der Waals surface area contributed by atoms with Crippen molar-refractivity contribution in [2.45, 2.75) is 82.3 Å². The molecule has 4 aliphatic rings. The topological polar surface area (TPSA) is 71.0 Å². The molecule has 0 saturated carbocycles. The van der Waals surface area contributed by atoms with Crippen molar-refractivity contribution in [3.8, 4) is 6.01 Å². The molecule has 38 heavy (non-hydrogen) atoms. The molecule has 0 spiro atoms. The normalized spacial score (nSPS) is 29.3. The number of rotatable bonds is 4. The molecular weight excluding hydrogens is 560 g/mol. The van der Waals surface area contributed by atoms with E-state index in [1.54, 1.807) is 6.07 Å². The van der Waals surface area contributed by atoms with Gasteiger partial charge in [-0.05, 0) is 81.1 Å². The fourth-order valence-corrected chi connectivity index (χ4v) is 7.06. The summed E-state index contributed by atoms with van der Waals surface area (Å²) in [6.45, 7) is 8.28. The lowest BCUT2D eigenvalue weighted by Crippen LogP contribution is -2.57. The Hall–Kier alpha value is -2.27. The largest absolute Gasteiger partial charge is 0.461 e. The van der Waals surface area contributed by atoms with Gasteiger partial charge in [0.05, 0.1) is 22.1 Å². The van der Waals surface area contributed by atoms with Crippen LogP contribution >= 0.6 is 15.9 Å². The molecule has 0 unspecified atom stereocenters. The van der Waals surface area contributed by atoms with Crippen LogP contribution in [0.5, 0.6) is 6.01 Å². The third-order valence-corrected chi connectivity index (χ3v) is 8.95. The summed E-state index contributed by atoms with van der Waals surface area (Å²) < 4.78 is 41.7. The number of ether oxygens (including phenoxy) is 2. The minimum Gasteiger partial charge on any atom is -0.461 e. The fourth-order valence-electron chi connectivity index (χ4n) is 6.74. The predicted octanol–water partition coefficient (Wildman–Crippen LogP) is 5.07. The quantitative estimate of drug-likeness (QED) is 0.490. The molecule has 11 heteroatoms. The summed E-state index contributed by atoms with van der Waals surface area (Å²) >= 11 is 3.28. The van der Waals surface area contributed by atoms with Crippen LogP contribution < -0.4 is 9.64 Å². The highest BCUT2D eigenvalue weighted by atomic mass is 79.9. The van der Waals surface area contributed by atoms with Gasteiger partial charge >= 0.3 is 12.1 Å². The number of piperazine rings is 1. The molecule has 1 aromatic heterocycles. The van der Waals surface area contributed by atoms with E-state index in [1.807, 2.05) is 31.7 Å². The van der Waals surface area contributed by atoms with Gasteiger partial charge in [-0.15, -0.1) is 0 Å². The van der Waals surface area contributed by atoms with E-state index in [9.17, 15) is 9.18 Å². The van der Waals surface area contributed by atoms with Crippen LogP contribution in [0.3, 0.4) is 0 Å². The Morgan fingerprint density at radius 1 is 1.18 bits per heavy atom. The minimum absolute atomic E-state index is 0.0239. The molecule has 4 atom stereocenters. The van der Waals surface area contributed by atoms with Crippen molar-refractivity contribution in [3.63, 3.8) is 0 Å². The Kier molecular flexibility index (Phi) is 6.45. The summed E-state index contributed by atoms with van der Waals surface area (Å²) in [6, 6.07) is 3.51. The average molecular weight is 595 g/mol. The Morgan fingerprint density at radius 2 is 1.92 bits per heavy atom. The highest BCUT2D eigenvalue weighted by Gasteiger charge is 2.49. The van der Waals surface area contributed by atoms with Crippen molar-refractivity contribution >= 4 is 38.7 Å². The Morgan fingerprint density at radius 3 is 2.63 bits per heavy atom. The zero-order valence-corrected chi connectivity index (χ0v) is 23.6. The van der Waals surface area contributed by atoms with E-state index in [4.69, 9.17) is 14.5 Å². The van der Waals surface area contributed by atoms with Crippen molar-refractivity contribution in [1.29, 1.82) is 0 Å². The number of benzene rings is 1. The average Bonchev–Trinajstić information content (AvgIpc) is 3.46. The van der Waals surface area contributed by atoms with Gasteiger partial charge < -0.3 is 14.4 Å². The predicted molar refractivity (Wildman–Crippen MR) is 143 cm³/mol. The van der Waals surface area contributed by atoms with Crippen LogP contribution in [-0.4, -0.2) is 88.0 Å². The van der Waals surface area contributed by atoms with E-state index in [2.05, 4.69) is 30.7 Å². The number of amides is 1. The number of halogens is 3. The standard InChI is InChI=1S/C27H34BrF2N5O3/c1-26(2,3)38-25(36)35-17-5-6-18(35)14-33(13-17)23-19-7-8-20(28)21(30)22(19)31-24(32-23)37-15-27-9-4-10-34(27)12-16(29)11-27/h7-8,16-18H,4-6,9-15H2,1-3H3/t16-,17-,18+,27+/m1/s1. The lowest BCUT2D eigenvalue weighted by Gasteiger charge is -2.42. The van der Waals surface area contributed by atoms with Crippen molar-refractivity contribution in [2.24, 2.45) is 0 Å². The summed E-state index contributed by atoms with van der Waals surface area (Å²) in [4.78, 5) is 28.3. The van der Waals surface area contributed by atoms with Gasteiger partial charge in [0, 0.05) is 31.4 Å². The lowest BCUT2D eigenvalue weighted by molar-refractivity contribution is 0.0122. The summed E-state index contributed by atoms with van der Waals surface area (Å²) in [6.07, 6.45) is 2.89. The van der Waals surface area contributed by atoms with Crippen molar-refractivity contribution < 1.29 is 23.0 Å². The van der Waals surface area contributed by atoms with E-state index in [0.29, 0.717) is 41.7 Å². The number of anilines is 1. The first kappa shape index (κ1) is 26.0. The molecule has 4 aliphatic heterocycles. The van der Waals surface area contributed by atoms with Gasteiger partial charge in [-0.3, -0.25) is 9.80 Å². The van der Waals surface area contributed by atoms with Crippen LogP contribution in [0.4, 0.5) is 19.4 Å². The second kappa shape index (κ2) is 9.43. The van der Waals surface area contributed by atoms with Crippen LogP contribution in [0.2, 0.25) is 0 Å². The third kappa shape index (κ3) is 4.59. The van der Waals surface area contributed by atoms with Gasteiger partial charge in [0.1, 0.15) is 29.7 Å². The van der Waals surface area contributed by atoms with Crippen LogP contribution in [-0.2, 0) is 4.74 Å². The molecular formula is C27H34BrF2N5O3. The first-order chi connectivity index (χ1) is 18.0. The van der Waals surface area contributed by atoms with Crippen LogP contribution in [0, 0.1) is 5.82 Å². The maximum absolute atomic E-state index is 15.3. The number of carbonyl (C=O) groups is 1. The first-order valence-corrected chi connectivity index (χ1v) is 14.3. The van der Waals surface area contributed by atoms with Crippen LogP contribution in [0.25, 0.3) is 10.9 Å². The second-order valence-corrected chi connectivity index (χ2v) is 13.0. The molecule has 0 radical (unpaired) electrons. The lowest BCUT2D eigenvalue weighted by atomic mass is 9.95. The van der Waals surface area contributed by atoms with Crippen molar-refractivity contribution in [3.05, 3.63) is 22.4 Å². The maximum Gasteiger partial charge on any atom is 0.410 e. The van der Waals surface area contributed by atoms with E-state index >= 15 is 4.39 Å². The van der Waals surface area contributed by atoms with Crippen molar-refractivity contribution in [2.75, 3.05) is 37.7 Å². The van der Waals surface area contributed by atoms with Gasteiger partial charge in [-0.1, -0.05) is 0 Å². The number of nitrogens with zero attached hydrogens (tertiary/aromatic N) is 5. The summed E-state index contributed by atoms with van der Waals surface area (Å²) in [5, 5.41) is 0.591. The highest BCUT2D eigenvalue weighted by Crippen LogP contribution is 2.41. The van der Waals surface area contributed by atoms with Crippen LogP contribution in [0.1, 0.15) is 52.9 Å². The number of hydrogen-bond acceptors (Lipinski definition) is 7. The summed E-state index contributed by atoms with van der Waals surface area (Å²) in [5.74, 6) is 0.115. The number of hydrogen-bond donors (Lipinski definition) is 0. The van der Waals surface area contributed by atoms with Crippen molar-refractivity contribution in [1.82, 2.24) is 19.8 Å². The molecule has 0 N–H and O–H groups in total. The fraction of sp³-hybridized carbons (Fsp3) is 0.667. The Bertz CT molecular complexity index is 1250. The number of aromatic nitrogens is 2. The number of carbonyl (C=O) groups excluding carboxylic acids is 1. The molecule has 2 bridgehead atoms. The second-order valence-electron chi connectivity index (χ2n) is 12.1. The monoisotopic (exact) mass is 593 g/mol. The molecule has 4 saturated heterocycles. The van der Waals surface area contributed by atoms with Crippen LogP contribution in [0.15, 0.2) is 16.6 Å². The molecule has 0 aliphatic carbocycles. The Labute approximate surface area is 229 Å². The summed E-state index contributed by atoms with van der Waals surface area (Å²) in [5.41, 5.74) is -0.744. The number of alkyl halides is 1. The highest BCUT2D eigenvalue weighted by molar-refractivity contribution is 9.10. The van der Waals surface area contributed by atoms with E-state index in [0.717, 1.165) is 32.2 Å². The maximum atomic E-state index is 15.3. The molecule has 1 aromatic carbocycles. The van der Waals surface area contributed by atoms with Gasteiger partial charge in [0.15, 0.2) is 5.82 Å². The van der Waals surface area contributed by atoms with E-state index in [1.165, 1.54) is 0 Å².